The average molecular weight is 286 g/mol. The van der Waals surface area contributed by atoms with Crippen molar-refractivity contribution in [3.05, 3.63) is 34.3 Å². The summed E-state index contributed by atoms with van der Waals surface area (Å²) < 4.78 is 1.02. The number of hydrogen-bond donors (Lipinski definition) is 2. The van der Waals surface area contributed by atoms with Gasteiger partial charge in [-0.3, -0.25) is 0 Å². The number of hydrogen-bond acceptors (Lipinski definition) is 2. The van der Waals surface area contributed by atoms with Gasteiger partial charge in [0.1, 0.15) is 0 Å². The van der Waals surface area contributed by atoms with Gasteiger partial charge >= 0.3 is 0 Å². The minimum atomic E-state index is -0.484. The summed E-state index contributed by atoms with van der Waals surface area (Å²) >= 11 is 3.37. The van der Waals surface area contributed by atoms with Gasteiger partial charge in [-0.2, -0.15) is 0 Å². The topological polar surface area (TPSA) is 46.2 Å². The van der Waals surface area contributed by atoms with E-state index in [1.165, 1.54) is 0 Å². The molecule has 0 aliphatic carbocycles. The molecule has 90 valence electrons. The molecule has 0 amide bonds. The van der Waals surface area contributed by atoms with Crippen LogP contribution in [0.2, 0.25) is 0 Å². The molecule has 0 spiro atoms. The number of halogens is 1. The summed E-state index contributed by atoms with van der Waals surface area (Å²) in [4.78, 5) is 0. The molecule has 0 saturated heterocycles. The molecule has 16 heavy (non-hydrogen) atoms. The second-order valence-electron chi connectivity index (χ2n) is 5.28. The molecule has 1 rings (SSSR count). The van der Waals surface area contributed by atoms with Gasteiger partial charge < -0.3 is 10.8 Å². The first-order chi connectivity index (χ1) is 7.30. The Morgan fingerprint density at radius 1 is 1.25 bits per heavy atom. The zero-order valence-corrected chi connectivity index (χ0v) is 11.7. The summed E-state index contributed by atoms with van der Waals surface area (Å²) in [7, 11) is 0. The van der Waals surface area contributed by atoms with E-state index in [0.717, 1.165) is 10.0 Å². The molecule has 2 atom stereocenters. The lowest BCUT2D eigenvalue weighted by atomic mass is 9.83. The fraction of sp³-hybridized carbons (Fsp3) is 0.538. The van der Waals surface area contributed by atoms with Gasteiger partial charge in [0.2, 0.25) is 0 Å². The zero-order chi connectivity index (χ0) is 12.3. The molecular formula is C13H20BrNO. The molecule has 0 bridgehead atoms. The van der Waals surface area contributed by atoms with Crippen LogP contribution in [0.5, 0.6) is 0 Å². The lowest BCUT2D eigenvalue weighted by Gasteiger charge is -2.29. The quantitative estimate of drug-likeness (QED) is 0.896. The third-order valence-corrected chi connectivity index (χ3v) is 3.37. The van der Waals surface area contributed by atoms with Crippen molar-refractivity contribution < 1.29 is 5.11 Å². The molecule has 3 N–H and O–H groups in total. The summed E-state index contributed by atoms with van der Waals surface area (Å²) in [6, 6.07) is 7.70. The maximum Gasteiger partial charge on any atom is 0.0805 e. The SMILES string of the molecule is CC(C)(C)[C@@H](N)C[C@H](O)c1ccc(Br)cc1. The van der Waals surface area contributed by atoms with E-state index in [1.54, 1.807) is 0 Å². The van der Waals surface area contributed by atoms with E-state index < -0.39 is 6.10 Å². The lowest BCUT2D eigenvalue weighted by Crippen LogP contribution is -2.36. The summed E-state index contributed by atoms with van der Waals surface area (Å²) in [6.45, 7) is 6.27. The van der Waals surface area contributed by atoms with Crippen LogP contribution in [-0.2, 0) is 0 Å². The van der Waals surface area contributed by atoms with Crippen molar-refractivity contribution in [1.29, 1.82) is 0 Å². The zero-order valence-electron chi connectivity index (χ0n) is 10.1. The van der Waals surface area contributed by atoms with E-state index in [4.69, 9.17) is 5.73 Å². The predicted molar refractivity (Wildman–Crippen MR) is 71.1 cm³/mol. The molecule has 0 unspecified atom stereocenters. The molecule has 0 fully saturated rings. The highest BCUT2D eigenvalue weighted by Gasteiger charge is 2.23. The molecule has 3 heteroatoms. The Hall–Kier alpha value is -0.380. The van der Waals surface area contributed by atoms with Crippen molar-refractivity contribution in [2.75, 3.05) is 0 Å². The average Bonchev–Trinajstić information content (AvgIpc) is 2.17. The minimum absolute atomic E-state index is 0.00820. The maximum absolute atomic E-state index is 10.0. The van der Waals surface area contributed by atoms with Gasteiger partial charge in [-0.1, -0.05) is 48.8 Å². The van der Waals surface area contributed by atoms with Gasteiger partial charge in [0, 0.05) is 10.5 Å². The van der Waals surface area contributed by atoms with Crippen LogP contribution in [0.25, 0.3) is 0 Å². The van der Waals surface area contributed by atoms with Crippen LogP contribution >= 0.6 is 15.9 Å². The third-order valence-electron chi connectivity index (χ3n) is 2.84. The number of rotatable bonds is 3. The third kappa shape index (κ3) is 3.89. The first kappa shape index (κ1) is 13.7. The Balaban J connectivity index is 2.65. The number of nitrogens with two attached hydrogens (primary N) is 1. The summed E-state index contributed by atoms with van der Waals surface area (Å²) in [5.41, 5.74) is 6.99. The van der Waals surface area contributed by atoms with E-state index in [0.29, 0.717) is 6.42 Å². The largest absolute Gasteiger partial charge is 0.388 e. The van der Waals surface area contributed by atoms with E-state index in [2.05, 4.69) is 36.7 Å². The first-order valence-corrected chi connectivity index (χ1v) is 6.29. The molecule has 0 saturated carbocycles. The van der Waals surface area contributed by atoms with Gasteiger partial charge in [0.15, 0.2) is 0 Å². The highest BCUT2D eigenvalue weighted by atomic mass is 79.9. The van der Waals surface area contributed by atoms with Crippen molar-refractivity contribution in [1.82, 2.24) is 0 Å². The van der Waals surface area contributed by atoms with Crippen LogP contribution in [0.3, 0.4) is 0 Å². The van der Waals surface area contributed by atoms with Crippen molar-refractivity contribution in [3.63, 3.8) is 0 Å². The molecule has 1 aromatic carbocycles. The number of aliphatic hydroxyl groups excluding tert-OH is 1. The van der Waals surface area contributed by atoms with Crippen molar-refractivity contribution in [3.8, 4) is 0 Å². The second-order valence-corrected chi connectivity index (χ2v) is 6.19. The fourth-order valence-electron chi connectivity index (χ4n) is 1.42. The van der Waals surface area contributed by atoms with Gasteiger partial charge in [0.25, 0.3) is 0 Å². The van der Waals surface area contributed by atoms with E-state index in [9.17, 15) is 5.11 Å². The molecular weight excluding hydrogens is 266 g/mol. The van der Waals surface area contributed by atoms with Crippen molar-refractivity contribution in [2.45, 2.75) is 39.3 Å². The highest BCUT2D eigenvalue weighted by Crippen LogP contribution is 2.27. The van der Waals surface area contributed by atoms with Crippen LogP contribution in [0.4, 0.5) is 0 Å². The second kappa shape index (κ2) is 5.30. The van der Waals surface area contributed by atoms with E-state index in [1.807, 2.05) is 24.3 Å². The monoisotopic (exact) mass is 285 g/mol. The lowest BCUT2D eigenvalue weighted by molar-refractivity contribution is 0.133. The Morgan fingerprint density at radius 2 is 1.75 bits per heavy atom. The molecule has 0 aliphatic heterocycles. The van der Waals surface area contributed by atoms with Gasteiger partial charge in [0.05, 0.1) is 6.10 Å². The molecule has 0 radical (unpaired) electrons. The van der Waals surface area contributed by atoms with Gasteiger partial charge in [-0.15, -0.1) is 0 Å². The van der Waals surface area contributed by atoms with Crippen LogP contribution in [-0.4, -0.2) is 11.1 Å². The molecule has 2 nitrogen and oxygen atoms in total. The Kier molecular flexibility index (Phi) is 4.53. The van der Waals surface area contributed by atoms with Crippen LogP contribution < -0.4 is 5.73 Å². The molecule has 0 aliphatic rings. The number of aliphatic hydroxyl groups is 1. The standard InChI is InChI=1S/C13H20BrNO/c1-13(2,3)12(15)8-11(16)9-4-6-10(14)7-5-9/h4-7,11-12,16H,8,15H2,1-3H3/t11-,12-/m0/s1. The maximum atomic E-state index is 10.0. The Morgan fingerprint density at radius 3 is 2.19 bits per heavy atom. The number of benzene rings is 1. The normalized spacial score (nSPS) is 15.9. The van der Waals surface area contributed by atoms with Crippen LogP contribution in [0.15, 0.2) is 28.7 Å². The summed E-state index contributed by atoms with van der Waals surface area (Å²) in [6.07, 6.45) is 0.104. The van der Waals surface area contributed by atoms with Gasteiger partial charge in [-0.25, -0.2) is 0 Å². The smallest absolute Gasteiger partial charge is 0.0805 e. The minimum Gasteiger partial charge on any atom is -0.388 e. The molecule has 0 aromatic heterocycles. The van der Waals surface area contributed by atoms with Gasteiger partial charge in [-0.05, 0) is 29.5 Å². The first-order valence-electron chi connectivity index (χ1n) is 5.50. The van der Waals surface area contributed by atoms with Crippen molar-refractivity contribution in [2.24, 2.45) is 11.1 Å². The van der Waals surface area contributed by atoms with Crippen LogP contribution in [0.1, 0.15) is 38.9 Å². The fourth-order valence-corrected chi connectivity index (χ4v) is 1.68. The molecule has 0 heterocycles. The predicted octanol–water partition coefficient (Wildman–Crippen LogP) is 3.25. The van der Waals surface area contributed by atoms with E-state index in [-0.39, 0.29) is 11.5 Å². The van der Waals surface area contributed by atoms with E-state index >= 15 is 0 Å². The van der Waals surface area contributed by atoms with Crippen molar-refractivity contribution >= 4 is 15.9 Å². The molecule has 1 aromatic rings. The Labute approximate surface area is 106 Å². The summed E-state index contributed by atoms with van der Waals surface area (Å²) in [5, 5.41) is 10.0. The highest BCUT2D eigenvalue weighted by molar-refractivity contribution is 9.10. The summed E-state index contributed by atoms with van der Waals surface area (Å²) in [5.74, 6) is 0. The van der Waals surface area contributed by atoms with Crippen LogP contribution in [0, 0.1) is 5.41 Å². The Bertz CT molecular complexity index is 329.